The molecule has 1 aromatic heterocycles. The summed E-state index contributed by atoms with van der Waals surface area (Å²) in [6, 6.07) is 6.18. The third-order valence-electron chi connectivity index (χ3n) is 2.55. The lowest BCUT2D eigenvalue weighted by Gasteiger charge is -2.12. The Labute approximate surface area is 103 Å². The van der Waals surface area contributed by atoms with Gasteiger partial charge in [-0.3, -0.25) is 0 Å². The van der Waals surface area contributed by atoms with Crippen LogP contribution >= 0.6 is 11.3 Å². The smallest absolute Gasteiger partial charge is 0.131 e. The Balaban J connectivity index is 2.36. The van der Waals surface area contributed by atoms with Crippen LogP contribution in [0.1, 0.15) is 19.5 Å². The van der Waals surface area contributed by atoms with Crippen LogP contribution in [0, 0.1) is 5.82 Å². The second kappa shape index (κ2) is 4.37. The fraction of sp³-hybridized carbons (Fsp3) is 0.231. The molecule has 0 fully saturated rings. The van der Waals surface area contributed by atoms with Crippen LogP contribution in [-0.4, -0.2) is 11.3 Å². The zero-order chi connectivity index (χ0) is 12.5. The largest absolute Gasteiger partial charge is 0.302 e. The number of carbonyl (C=O) groups excluding carboxylic acids is 1. The van der Waals surface area contributed by atoms with Gasteiger partial charge in [-0.25, -0.2) is 9.37 Å². The van der Waals surface area contributed by atoms with Crippen molar-refractivity contribution in [3.63, 3.8) is 0 Å². The molecule has 0 atom stereocenters. The highest BCUT2D eigenvalue weighted by Gasteiger charge is 2.23. The first-order valence-corrected chi connectivity index (χ1v) is 6.09. The van der Waals surface area contributed by atoms with Gasteiger partial charge in [-0.2, -0.15) is 0 Å². The molecule has 4 heteroatoms. The van der Waals surface area contributed by atoms with Crippen molar-refractivity contribution in [2.75, 3.05) is 0 Å². The number of hydrogen-bond donors (Lipinski definition) is 0. The summed E-state index contributed by atoms with van der Waals surface area (Å²) in [5.74, 6) is -0.265. The van der Waals surface area contributed by atoms with Crippen LogP contribution in [0.25, 0.3) is 10.6 Å². The predicted molar refractivity (Wildman–Crippen MR) is 66.6 cm³/mol. The molecule has 0 unspecified atom stereocenters. The second-order valence-electron chi connectivity index (χ2n) is 4.38. The average Bonchev–Trinajstić information content (AvgIpc) is 2.80. The molecule has 1 heterocycles. The molecule has 2 aromatic rings. The van der Waals surface area contributed by atoms with Crippen LogP contribution in [0.15, 0.2) is 29.6 Å². The molecular formula is C13H12FNOS. The monoisotopic (exact) mass is 249 g/mol. The van der Waals surface area contributed by atoms with Gasteiger partial charge in [-0.1, -0.05) is 0 Å². The van der Waals surface area contributed by atoms with E-state index in [2.05, 4.69) is 4.98 Å². The molecule has 1 aromatic carbocycles. The van der Waals surface area contributed by atoms with E-state index in [-0.39, 0.29) is 5.82 Å². The van der Waals surface area contributed by atoms with Gasteiger partial charge in [-0.15, -0.1) is 11.3 Å². The molecule has 0 bridgehead atoms. The molecule has 0 aliphatic carbocycles. The van der Waals surface area contributed by atoms with Crippen molar-refractivity contribution >= 4 is 17.6 Å². The molecule has 0 amide bonds. The summed E-state index contributed by atoms with van der Waals surface area (Å²) in [6.07, 6.45) is 0.885. The van der Waals surface area contributed by atoms with Gasteiger partial charge in [-0.05, 0) is 38.1 Å². The van der Waals surface area contributed by atoms with Gasteiger partial charge in [0.1, 0.15) is 17.1 Å². The van der Waals surface area contributed by atoms with Gasteiger partial charge in [0.15, 0.2) is 0 Å². The third-order valence-corrected chi connectivity index (χ3v) is 3.44. The summed E-state index contributed by atoms with van der Waals surface area (Å²) >= 11 is 1.46. The van der Waals surface area contributed by atoms with Crippen molar-refractivity contribution in [2.45, 2.75) is 19.3 Å². The lowest BCUT2D eigenvalue weighted by molar-refractivity contribution is -0.111. The van der Waals surface area contributed by atoms with E-state index in [0.29, 0.717) is 0 Å². The van der Waals surface area contributed by atoms with E-state index in [1.807, 2.05) is 19.2 Å². The Hall–Kier alpha value is -1.55. The molecule has 0 radical (unpaired) electrons. The summed E-state index contributed by atoms with van der Waals surface area (Å²) < 4.78 is 12.8. The summed E-state index contributed by atoms with van der Waals surface area (Å²) in [4.78, 5) is 15.4. The van der Waals surface area contributed by atoms with Gasteiger partial charge >= 0.3 is 0 Å². The normalized spacial score (nSPS) is 11.5. The first-order chi connectivity index (χ1) is 8.03. The number of aromatic nitrogens is 1. The summed E-state index contributed by atoms with van der Waals surface area (Å²) in [6.45, 7) is 3.65. The first kappa shape index (κ1) is 11.9. The fourth-order valence-corrected chi connectivity index (χ4v) is 2.36. The van der Waals surface area contributed by atoms with Crippen molar-refractivity contribution in [2.24, 2.45) is 0 Å². The standard InChI is InChI=1S/C13H12FNOS/c1-13(2,8-16)11-7-17-12(15-11)9-3-5-10(14)6-4-9/h3-8H,1-2H3. The molecule has 0 aliphatic rings. The van der Waals surface area contributed by atoms with E-state index in [0.717, 1.165) is 22.6 Å². The Morgan fingerprint density at radius 1 is 1.29 bits per heavy atom. The number of hydrogen-bond acceptors (Lipinski definition) is 3. The molecule has 0 saturated heterocycles. The third kappa shape index (κ3) is 2.42. The summed E-state index contributed by atoms with van der Waals surface area (Å²) in [5, 5.41) is 2.67. The van der Waals surface area contributed by atoms with E-state index in [9.17, 15) is 9.18 Å². The number of benzene rings is 1. The molecule has 0 N–H and O–H groups in total. The SMILES string of the molecule is CC(C)(C=O)c1csc(-c2ccc(F)cc2)n1. The van der Waals surface area contributed by atoms with Gasteiger partial charge < -0.3 is 4.79 Å². The topological polar surface area (TPSA) is 30.0 Å². The van der Waals surface area contributed by atoms with Gasteiger partial charge in [0.2, 0.25) is 0 Å². The van der Waals surface area contributed by atoms with E-state index in [1.54, 1.807) is 12.1 Å². The maximum Gasteiger partial charge on any atom is 0.131 e. The van der Waals surface area contributed by atoms with E-state index >= 15 is 0 Å². The molecule has 0 spiro atoms. The highest BCUT2D eigenvalue weighted by molar-refractivity contribution is 7.13. The average molecular weight is 249 g/mol. The maximum absolute atomic E-state index is 12.8. The highest BCUT2D eigenvalue weighted by atomic mass is 32.1. The molecule has 0 saturated carbocycles. The molecule has 0 aliphatic heterocycles. The van der Waals surface area contributed by atoms with Crippen LogP contribution in [0.5, 0.6) is 0 Å². The zero-order valence-electron chi connectivity index (χ0n) is 9.61. The van der Waals surface area contributed by atoms with Crippen LogP contribution < -0.4 is 0 Å². The fourth-order valence-electron chi connectivity index (χ4n) is 1.36. The minimum atomic E-state index is -0.575. The predicted octanol–water partition coefficient (Wildman–Crippen LogP) is 3.43. The molecular weight excluding hydrogens is 237 g/mol. The van der Waals surface area contributed by atoms with Crippen molar-refractivity contribution in [3.05, 3.63) is 41.2 Å². The van der Waals surface area contributed by atoms with Gasteiger partial charge in [0.05, 0.1) is 11.1 Å². The number of rotatable bonds is 3. The Morgan fingerprint density at radius 3 is 2.53 bits per heavy atom. The Kier molecular flexibility index (Phi) is 3.07. The van der Waals surface area contributed by atoms with Crippen LogP contribution in [0.2, 0.25) is 0 Å². The van der Waals surface area contributed by atoms with Crippen molar-refractivity contribution in [1.29, 1.82) is 0 Å². The van der Waals surface area contributed by atoms with Gasteiger partial charge in [0, 0.05) is 10.9 Å². The Morgan fingerprint density at radius 2 is 1.94 bits per heavy atom. The Bertz CT molecular complexity index is 531. The number of nitrogens with zero attached hydrogens (tertiary/aromatic N) is 1. The lowest BCUT2D eigenvalue weighted by Crippen LogP contribution is -2.18. The molecule has 2 rings (SSSR count). The first-order valence-electron chi connectivity index (χ1n) is 5.21. The summed E-state index contributed by atoms with van der Waals surface area (Å²) in [5.41, 5.74) is 1.04. The minimum absolute atomic E-state index is 0.265. The highest BCUT2D eigenvalue weighted by Crippen LogP contribution is 2.28. The van der Waals surface area contributed by atoms with E-state index < -0.39 is 5.41 Å². The molecule has 2 nitrogen and oxygen atoms in total. The van der Waals surface area contributed by atoms with Crippen molar-refractivity contribution in [1.82, 2.24) is 4.98 Å². The quantitative estimate of drug-likeness (QED) is 0.780. The van der Waals surface area contributed by atoms with Crippen LogP contribution in [0.4, 0.5) is 4.39 Å². The van der Waals surface area contributed by atoms with Crippen LogP contribution in [-0.2, 0) is 10.2 Å². The number of halogens is 1. The van der Waals surface area contributed by atoms with E-state index in [4.69, 9.17) is 0 Å². The van der Waals surface area contributed by atoms with Gasteiger partial charge in [0.25, 0.3) is 0 Å². The molecule has 17 heavy (non-hydrogen) atoms. The second-order valence-corrected chi connectivity index (χ2v) is 5.24. The minimum Gasteiger partial charge on any atom is -0.302 e. The van der Waals surface area contributed by atoms with Crippen molar-refractivity contribution < 1.29 is 9.18 Å². The van der Waals surface area contributed by atoms with E-state index in [1.165, 1.54) is 23.5 Å². The number of thiazole rings is 1. The molecule has 88 valence electrons. The number of aldehydes is 1. The zero-order valence-corrected chi connectivity index (χ0v) is 10.4. The summed E-state index contributed by atoms with van der Waals surface area (Å²) in [7, 11) is 0. The van der Waals surface area contributed by atoms with Crippen LogP contribution in [0.3, 0.4) is 0 Å². The maximum atomic E-state index is 12.8. The van der Waals surface area contributed by atoms with Crippen molar-refractivity contribution in [3.8, 4) is 10.6 Å². The number of carbonyl (C=O) groups is 1. The lowest BCUT2D eigenvalue weighted by atomic mass is 9.92.